The molecule has 114 valence electrons. The number of rotatable bonds is 4. The molecule has 21 heavy (non-hydrogen) atoms. The number of hydrogen-bond acceptors (Lipinski definition) is 4. The number of hydrogen-bond donors (Lipinski definition) is 1. The molecule has 0 spiro atoms. The van der Waals surface area contributed by atoms with Crippen LogP contribution in [-0.2, 0) is 0 Å². The molecule has 1 N–H and O–H groups in total. The van der Waals surface area contributed by atoms with Gasteiger partial charge in [-0.05, 0) is 36.3 Å². The van der Waals surface area contributed by atoms with Crippen LogP contribution in [0.15, 0.2) is 12.1 Å². The van der Waals surface area contributed by atoms with Gasteiger partial charge in [0, 0.05) is 12.6 Å². The molecule has 2 rings (SSSR count). The van der Waals surface area contributed by atoms with Gasteiger partial charge >= 0.3 is 5.69 Å². The van der Waals surface area contributed by atoms with E-state index in [9.17, 15) is 23.7 Å². The van der Waals surface area contributed by atoms with Crippen molar-refractivity contribution in [2.24, 2.45) is 5.92 Å². The zero-order chi connectivity index (χ0) is 15.4. The van der Waals surface area contributed by atoms with Gasteiger partial charge in [-0.2, -0.15) is 16.2 Å². The molecule has 1 heterocycles. The smallest absolute Gasteiger partial charge is 0.305 e. The number of nitro groups is 1. The van der Waals surface area contributed by atoms with E-state index in [0.717, 1.165) is 30.4 Å². The summed E-state index contributed by atoms with van der Waals surface area (Å²) in [5, 5.41) is 13.1. The van der Waals surface area contributed by atoms with Crippen molar-refractivity contribution < 1.29 is 18.5 Å². The van der Waals surface area contributed by atoms with Gasteiger partial charge in [0.15, 0.2) is 0 Å². The van der Waals surface area contributed by atoms with Crippen molar-refractivity contribution in [2.75, 3.05) is 18.1 Å². The topological polar surface area (TPSA) is 72.2 Å². The first kappa shape index (κ1) is 15.7. The van der Waals surface area contributed by atoms with E-state index in [0.29, 0.717) is 12.6 Å². The molecule has 5 nitrogen and oxygen atoms in total. The minimum Gasteiger partial charge on any atom is -0.352 e. The molecule has 1 saturated heterocycles. The van der Waals surface area contributed by atoms with Crippen LogP contribution >= 0.6 is 11.8 Å². The second-order valence-corrected chi connectivity index (χ2v) is 6.00. The molecule has 1 amide bonds. The number of nitro benzene ring substituents is 1. The fourth-order valence-corrected chi connectivity index (χ4v) is 3.37. The number of halogens is 2. The Balaban J connectivity index is 2.11. The number of benzene rings is 1. The second-order valence-electron chi connectivity index (χ2n) is 4.78. The molecule has 0 aliphatic carbocycles. The highest BCUT2D eigenvalue weighted by Gasteiger charge is 2.26. The molecule has 1 aromatic rings. The number of thioether (sulfide) groups is 1. The Hall–Kier alpha value is -1.70. The predicted molar refractivity (Wildman–Crippen MR) is 75.4 cm³/mol. The summed E-state index contributed by atoms with van der Waals surface area (Å²) in [6, 6.07) is 1.44. The number of nitrogens with one attached hydrogen (secondary N) is 1. The minimum atomic E-state index is -1.43. The summed E-state index contributed by atoms with van der Waals surface area (Å²) in [5.41, 5.74) is -1.80. The third-order valence-corrected chi connectivity index (χ3v) is 4.44. The van der Waals surface area contributed by atoms with Crippen molar-refractivity contribution in [1.82, 2.24) is 5.32 Å². The van der Waals surface area contributed by atoms with Crippen LogP contribution in [0, 0.1) is 27.7 Å². The third-order valence-electron chi connectivity index (χ3n) is 3.39. The standard InChI is InChI=1S/C13H14F2N2O3S/c14-9-1-2-10(17(19)20)12(15)11(9)13(18)16-7-8-3-5-21-6-4-8/h1-2,8H,3-7H2,(H,16,18). The van der Waals surface area contributed by atoms with Crippen LogP contribution in [0.2, 0.25) is 0 Å². The predicted octanol–water partition coefficient (Wildman–Crippen LogP) is 2.75. The first-order valence-corrected chi connectivity index (χ1v) is 7.64. The van der Waals surface area contributed by atoms with E-state index in [-0.39, 0.29) is 5.92 Å². The Bertz CT molecular complexity index is 563. The van der Waals surface area contributed by atoms with E-state index in [1.54, 1.807) is 0 Å². The van der Waals surface area contributed by atoms with E-state index in [4.69, 9.17) is 0 Å². The molecule has 0 bridgehead atoms. The lowest BCUT2D eigenvalue weighted by molar-refractivity contribution is -0.387. The molecule has 0 saturated carbocycles. The van der Waals surface area contributed by atoms with Gasteiger partial charge in [-0.15, -0.1) is 0 Å². The molecule has 1 aliphatic heterocycles. The highest BCUT2D eigenvalue weighted by atomic mass is 32.2. The average Bonchev–Trinajstić information content (AvgIpc) is 2.46. The Morgan fingerprint density at radius 1 is 1.38 bits per heavy atom. The van der Waals surface area contributed by atoms with Gasteiger partial charge in [0.1, 0.15) is 11.4 Å². The van der Waals surface area contributed by atoms with Crippen LogP contribution in [0.25, 0.3) is 0 Å². The first-order chi connectivity index (χ1) is 10.0. The maximum Gasteiger partial charge on any atom is 0.305 e. The molecule has 1 fully saturated rings. The molecule has 0 atom stereocenters. The maximum atomic E-state index is 13.9. The molecular weight excluding hydrogens is 302 g/mol. The van der Waals surface area contributed by atoms with Crippen LogP contribution in [0.5, 0.6) is 0 Å². The Kier molecular flexibility index (Phi) is 5.11. The SMILES string of the molecule is O=C(NCC1CCSCC1)c1c(F)ccc([N+](=O)[O-])c1F. The zero-order valence-corrected chi connectivity index (χ0v) is 11.9. The van der Waals surface area contributed by atoms with Gasteiger partial charge in [0.05, 0.1) is 4.92 Å². The normalized spacial score (nSPS) is 15.7. The molecule has 0 aromatic heterocycles. The Morgan fingerprint density at radius 2 is 2.05 bits per heavy atom. The highest BCUT2D eigenvalue weighted by Crippen LogP contribution is 2.24. The van der Waals surface area contributed by atoms with Gasteiger partial charge < -0.3 is 5.32 Å². The summed E-state index contributed by atoms with van der Waals surface area (Å²) in [5.74, 6) is -1.21. The number of carbonyl (C=O) groups excluding carboxylic acids is 1. The van der Waals surface area contributed by atoms with Crippen molar-refractivity contribution in [3.63, 3.8) is 0 Å². The van der Waals surface area contributed by atoms with E-state index < -0.39 is 33.7 Å². The maximum absolute atomic E-state index is 13.9. The monoisotopic (exact) mass is 316 g/mol. The quantitative estimate of drug-likeness (QED) is 0.685. The lowest BCUT2D eigenvalue weighted by Gasteiger charge is -2.21. The summed E-state index contributed by atoms with van der Waals surface area (Å²) in [6.07, 6.45) is 1.87. The van der Waals surface area contributed by atoms with Crippen LogP contribution in [0.3, 0.4) is 0 Å². The van der Waals surface area contributed by atoms with Crippen molar-refractivity contribution >= 4 is 23.4 Å². The van der Waals surface area contributed by atoms with E-state index in [1.165, 1.54) is 0 Å². The van der Waals surface area contributed by atoms with Gasteiger partial charge in [0.25, 0.3) is 5.91 Å². The fourth-order valence-electron chi connectivity index (χ4n) is 2.17. The largest absolute Gasteiger partial charge is 0.352 e. The summed E-state index contributed by atoms with van der Waals surface area (Å²) in [7, 11) is 0. The molecule has 0 radical (unpaired) electrons. The lowest BCUT2D eigenvalue weighted by atomic mass is 10.0. The Labute approximate surface area is 124 Å². The van der Waals surface area contributed by atoms with E-state index >= 15 is 0 Å². The number of nitrogens with zero attached hydrogens (tertiary/aromatic N) is 1. The summed E-state index contributed by atoms with van der Waals surface area (Å²) >= 11 is 1.83. The average molecular weight is 316 g/mol. The molecule has 0 unspecified atom stereocenters. The van der Waals surface area contributed by atoms with Crippen LogP contribution in [0.4, 0.5) is 14.5 Å². The van der Waals surface area contributed by atoms with Crippen LogP contribution < -0.4 is 5.32 Å². The van der Waals surface area contributed by atoms with Crippen molar-refractivity contribution in [2.45, 2.75) is 12.8 Å². The molecule has 1 aliphatic rings. The molecular formula is C13H14F2N2O3S. The van der Waals surface area contributed by atoms with Crippen molar-refractivity contribution in [3.05, 3.63) is 39.4 Å². The summed E-state index contributed by atoms with van der Waals surface area (Å²) in [6.45, 7) is 0.320. The summed E-state index contributed by atoms with van der Waals surface area (Å²) < 4.78 is 27.4. The highest BCUT2D eigenvalue weighted by molar-refractivity contribution is 7.99. The minimum absolute atomic E-state index is 0.278. The van der Waals surface area contributed by atoms with Crippen molar-refractivity contribution in [1.29, 1.82) is 0 Å². The van der Waals surface area contributed by atoms with Crippen molar-refractivity contribution in [3.8, 4) is 0 Å². The van der Waals surface area contributed by atoms with Crippen LogP contribution in [-0.4, -0.2) is 28.9 Å². The van der Waals surface area contributed by atoms with Gasteiger partial charge in [-0.25, -0.2) is 4.39 Å². The van der Waals surface area contributed by atoms with E-state index in [1.807, 2.05) is 11.8 Å². The van der Waals surface area contributed by atoms with Gasteiger partial charge in [-0.1, -0.05) is 0 Å². The molecule has 8 heteroatoms. The third kappa shape index (κ3) is 3.69. The van der Waals surface area contributed by atoms with E-state index in [2.05, 4.69) is 5.32 Å². The molecule has 1 aromatic carbocycles. The fraction of sp³-hybridized carbons (Fsp3) is 0.462. The second kappa shape index (κ2) is 6.84. The van der Waals surface area contributed by atoms with Crippen LogP contribution in [0.1, 0.15) is 23.2 Å². The Morgan fingerprint density at radius 3 is 2.67 bits per heavy atom. The first-order valence-electron chi connectivity index (χ1n) is 6.49. The number of amides is 1. The lowest BCUT2D eigenvalue weighted by Crippen LogP contribution is -2.32. The number of carbonyl (C=O) groups is 1. The van der Waals surface area contributed by atoms with Gasteiger partial charge in [0.2, 0.25) is 5.82 Å². The summed E-state index contributed by atoms with van der Waals surface area (Å²) in [4.78, 5) is 21.5. The van der Waals surface area contributed by atoms with Gasteiger partial charge in [-0.3, -0.25) is 14.9 Å². The zero-order valence-electron chi connectivity index (χ0n) is 11.1.